The lowest BCUT2D eigenvalue weighted by molar-refractivity contribution is 0.0980. The van der Waals surface area contributed by atoms with Gasteiger partial charge in [0.1, 0.15) is 5.69 Å². The second-order valence-corrected chi connectivity index (χ2v) is 7.45. The summed E-state index contributed by atoms with van der Waals surface area (Å²) >= 11 is 0. The zero-order valence-corrected chi connectivity index (χ0v) is 16.8. The number of anilines is 2. The maximum Gasteiger partial charge on any atom is 0.277 e. The number of benzene rings is 2. The number of amides is 1. The molecule has 0 radical (unpaired) electrons. The predicted octanol–water partition coefficient (Wildman–Crippen LogP) is 4.62. The minimum atomic E-state index is -0.108. The van der Waals surface area contributed by atoms with Crippen molar-refractivity contribution < 1.29 is 4.79 Å². The maximum atomic E-state index is 13.6. The smallest absolute Gasteiger partial charge is 0.277 e. The molecule has 5 heteroatoms. The number of nitrogens with zero attached hydrogens (tertiary/aromatic N) is 4. The molecule has 2 aromatic carbocycles. The van der Waals surface area contributed by atoms with Gasteiger partial charge in [0.15, 0.2) is 0 Å². The Morgan fingerprint density at radius 3 is 2.28 bits per heavy atom. The molecule has 1 fully saturated rings. The van der Waals surface area contributed by atoms with Gasteiger partial charge < -0.3 is 9.80 Å². The van der Waals surface area contributed by atoms with Crippen molar-refractivity contribution in [1.82, 2.24) is 9.97 Å². The fraction of sp³-hybridized carbons (Fsp3) is 0.292. The zero-order chi connectivity index (χ0) is 20.1. The summed E-state index contributed by atoms with van der Waals surface area (Å²) in [4.78, 5) is 26.8. The predicted molar refractivity (Wildman–Crippen MR) is 116 cm³/mol. The topological polar surface area (TPSA) is 49.3 Å². The molecule has 1 aromatic heterocycles. The first-order valence-electron chi connectivity index (χ1n) is 10.2. The van der Waals surface area contributed by atoms with Gasteiger partial charge in [0.25, 0.3) is 5.91 Å². The van der Waals surface area contributed by atoms with Crippen LogP contribution in [0.3, 0.4) is 0 Å². The molecule has 2 heterocycles. The second-order valence-electron chi connectivity index (χ2n) is 7.45. The van der Waals surface area contributed by atoms with E-state index in [1.54, 1.807) is 11.0 Å². The van der Waals surface area contributed by atoms with Crippen LogP contribution in [0.15, 0.2) is 66.7 Å². The summed E-state index contributed by atoms with van der Waals surface area (Å²) in [6, 6.07) is 21.6. The lowest BCUT2D eigenvalue weighted by Crippen LogP contribution is -2.34. The van der Waals surface area contributed by atoms with Crippen LogP contribution in [0, 0.1) is 6.92 Å². The molecule has 0 unspecified atom stereocenters. The van der Waals surface area contributed by atoms with E-state index < -0.39 is 0 Å². The van der Waals surface area contributed by atoms with Crippen molar-refractivity contribution in [1.29, 1.82) is 0 Å². The molecule has 0 atom stereocenters. The van der Waals surface area contributed by atoms with Crippen molar-refractivity contribution in [3.05, 3.63) is 83.7 Å². The van der Waals surface area contributed by atoms with Gasteiger partial charge in [-0.2, -0.15) is 0 Å². The highest BCUT2D eigenvalue weighted by Gasteiger charge is 2.22. The maximum absolute atomic E-state index is 13.6. The van der Waals surface area contributed by atoms with Crippen molar-refractivity contribution in [2.75, 3.05) is 22.9 Å². The molecule has 1 saturated heterocycles. The quantitative estimate of drug-likeness (QED) is 0.642. The highest BCUT2D eigenvalue weighted by atomic mass is 16.2. The minimum Gasteiger partial charge on any atom is -0.341 e. The molecule has 0 aliphatic carbocycles. The number of aromatic nitrogens is 2. The van der Waals surface area contributed by atoms with Crippen LogP contribution in [0.1, 0.15) is 41.0 Å². The molecule has 0 bridgehead atoms. The SMILES string of the molecule is Cc1cc(C(=O)N(Cc2ccccc2)c2ccccc2)nc(N2CCCCC2)n1. The Labute approximate surface area is 172 Å². The molecule has 3 aromatic rings. The Bertz CT molecular complexity index is 953. The minimum absolute atomic E-state index is 0.108. The Kier molecular flexibility index (Phi) is 5.84. The monoisotopic (exact) mass is 386 g/mol. The largest absolute Gasteiger partial charge is 0.341 e. The third-order valence-corrected chi connectivity index (χ3v) is 5.20. The summed E-state index contributed by atoms with van der Waals surface area (Å²) in [6.07, 6.45) is 3.53. The Balaban J connectivity index is 1.67. The molecule has 5 nitrogen and oxygen atoms in total. The molecule has 0 spiro atoms. The van der Waals surface area contributed by atoms with E-state index in [0.717, 1.165) is 42.9 Å². The molecule has 148 valence electrons. The second kappa shape index (κ2) is 8.86. The van der Waals surface area contributed by atoms with Crippen molar-refractivity contribution in [2.24, 2.45) is 0 Å². The average Bonchev–Trinajstić information content (AvgIpc) is 2.78. The molecule has 0 saturated carbocycles. The van der Waals surface area contributed by atoms with Crippen LogP contribution in [0.2, 0.25) is 0 Å². The van der Waals surface area contributed by atoms with Crippen molar-refractivity contribution in [3.8, 4) is 0 Å². The first kappa shape index (κ1) is 19.1. The van der Waals surface area contributed by atoms with Crippen LogP contribution in [0.4, 0.5) is 11.6 Å². The number of hydrogen-bond acceptors (Lipinski definition) is 4. The van der Waals surface area contributed by atoms with Crippen LogP contribution in [-0.4, -0.2) is 29.0 Å². The first-order chi connectivity index (χ1) is 14.2. The average molecular weight is 386 g/mol. The summed E-state index contributed by atoms with van der Waals surface area (Å²) in [7, 11) is 0. The normalized spacial score (nSPS) is 13.9. The molecule has 4 rings (SSSR count). The highest BCUT2D eigenvalue weighted by molar-refractivity contribution is 6.04. The van der Waals surface area contributed by atoms with Crippen molar-refractivity contribution in [2.45, 2.75) is 32.7 Å². The fourth-order valence-corrected chi connectivity index (χ4v) is 3.69. The molecular weight excluding hydrogens is 360 g/mol. The lowest BCUT2D eigenvalue weighted by atomic mass is 10.1. The first-order valence-corrected chi connectivity index (χ1v) is 10.2. The lowest BCUT2D eigenvalue weighted by Gasteiger charge is -2.28. The summed E-state index contributed by atoms with van der Waals surface area (Å²) in [6.45, 7) is 4.31. The molecule has 1 aliphatic rings. The van der Waals surface area contributed by atoms with Gasteiger partial charge >= 0.3 is 0 Å². The van der Waals surface area contributed by atoms with Crippen molar-refractivity contribution in [3.63, 3.8) is 0 Å². The summed E-state index contributed by atoms with van der Waals surface area (Å²) in [5, 5.41) is 0. The Hall–Kier alpha value is -3.21. The van der Waals surface area contributed by atoms with E-state index in [4.69, 9.17) is 0 Å². The standard InChI is InChI=1S/C24H26N4O/c1-19-17-22(26-24(25-19)27-15-9-4-10-16-27)23(29)28(21-13-7-3-8-14-21)18-20-11-5-2-6-12-20/h2-3,5-8,11-14,17H,4,9-10,15-16,18H2,1H3. The van der Waals surface area contributed by atoms with Gasteiger partial charge in [-0.3, -0.25) is 4.79 Å². The highest BCUT2D eigenvalue weighted by Crippen LogP contribution is 2.22. The Morgan fingerprint density at radius 1 is 0.931 bits per heavy atom. The van der Waals surface area contributed by atoms with Gasteiger partial charge in [-0.25, -0.2) is 9.97 Å². The number of aryl methyl sites for hydroxylation is 1. The number of rotatable bonds is 5. The van der Waals surface area contributed by atoms with Gasteiger partial charge in [-0.05, 0) is 49.9 Å². The summed E-state index contributed by atoms with van der Waals surface area (Å²) < 4.78 is 0. The molecule has 0 N–H and O–H groups in total. The van der Waals surface area contributed by atoms with E-state index in [1.807, 2.05) is 67.6 Å². The van der Waals surface area contributed by atoms with Crippen LogP contribution in [0.25, 0.3) is 0 Å². The summed E-state index contributed by atoms with van der Waals surface area (Å²) in [5.74, 6) is 0.560. The van der Waals surface area contributed by atoms with Gasteiger partial charge in [0.05, 0.1) is 6.54 Å². The van der Waals surface area contributed by atoms with Crippen LogP contribution >= 0.6 is 0 Å². The number of para-hydroxylation sites is 1. The molecule has 1 aliphatic heterocycles. The number of piperidine rings is 1. The number of carbonyl (C=O) groups excluding carboxylic acids is 1. The van der Waals surface area contributed by atoms with Crippen LogP contribution in [-0.2, 0) is 6.54 Å². The van der Waals surface area contributed by atoms with Gasteiger partial charge in [-0.1, -0.05) is 48.5 Å². The molecule has 1 amide bonds. The van der Waals surface area contributed by atoms with Gasteiger partial charge in [0.2, 0.25) is 5.95 Å². The summed E-state index contributed by atoms with van der Waals surface area (Å²) in [5.41, 5.74) is 3.19. The van der Waals surface area contributed by atoms with E-state index in [-0.39, 0.29) is 5.91 Å². The van der Waals surface area contributed by atoms with E-state index in [1.165, 1.54) is 6.42 Å². The zero-order valence-electron chi connectivity index (χ0n) is 16.8. The van der Waals surface area contributed by atoms with Gasteiger partial charge in [0, 0.05) is 24.5 Å². The van der Waals surface area contributed by atoms with E-state index in [0.29, 0.717) is 18.2 Å². The van der Waals surface area contributed by atoms with E-state index in [2.05, 4.69) is 14.9 Å². The number of hydrogen-bond donors (Lipinski definition) is 0. The third kappa shape index (κ3) is 4.62. The van der Waals surface area contributed by atoms with E-state index >= 15 is 0 Å². The van der Waals surface area contributed by atoms with Gasteiger partial charge in [-0.15, -0.1) is 0 Å². The molecule has 29 heavy (non-hydrogen) atoms. The van der Waals surface area contributed by atoms with Crippen LogP contribution in [0.5, 0.6) is 0 Å². The van der Waals surface area contributed by atoms with Crippen LogP contribution < -0.4 is 9.80 Å². The van der Waals surface area contributed by atoms with E-state index in [9.17, 15) is 4.79 Å². The fourth-order valence-electron chi connectivity index (χ4n) is 3.69. The molecular formula is C24H26N4O. The third-order valence-electron chi connectivity index (χ3n) is 5.20. The Morgan fingerprint density at radius 2 is 1.59 bits per heavy atom. The number of carbonyl (C=O) groups is 1. The van der Waals surface area contributed by atoms with Crippen molar-refractivity contribution >= 4 is 17.5 Å².